The minimum Gasteiger partial charge on any atom is -0.394 e. The number of fused-ring (bicyclic) bond motifs is 2. The molecule has 0 aromatic heterocycles. The number of unbranched alkanes of at least 4 members (excludes halogenated alkanes) is 1. The number of hydrogen-bond acceptors (Lipinski definition) is 7. The van der Waals surface area contributed by atoms with Crippen LogP contribution in [-0.4, -0.2) is 97.3 Å². The van der Waals surface area contributed by atoms with E-state index in [2.05, 4.69) is 50.4 Å². The van der Waals surface area contributed by atoms with Crippen molar-refractivity contribution in [3.8, 4) is 0 Å². The predicted molar refractivity (Wildman–Crippen MR) is 129 cm³/mol. The van der Waals surface area contributed by atoms with Crippen LogP contribution in [0.2, 0.25) is 0 Å². The van der Waals surface area contributed by atoms with Crippen LogP contribution in [0.25, 0.3) is 0 Å². The first kappa shape index (κ1) is 26.8. The van der Waals surface area contributed by atoms with E-state index < -0.39 is 24.2 Å². The molecule has 3 saturated carbocycles. The monoisotopic (exact) mass is 468 g/mol. The Kier molecular flexibility index (Phi) is 9.20. The molecule has 33 heavy (non-hydrogen) atoms. The van der Waals surface area contributed by atoms with Gasteiger partial charge in [0.05, 0.1) is 12.7 Å². The number of aliphatic hydroxyl groups excluding tert-OH is 2. The highest BCUT2D eigenvalue weighted by Crippen LogP contribution is 2.61. The van der Waals surface area contributed by atoms with Crippen molar-refractivity contribution in [2.24, 2.45) is 29.1 Å². The lowest BCUT2D eigenvalue weighted by atomic mass is 9.45. The first-order chi connectivity index (χ1) is 15.6. The summed E-state index contributed by atoms with van der Waals surface area (Å²) in [5, 5.41) is 28.8. The Bertz CT molecular complexity index is 644. The van der Waals surface area contributed by atoms with Crippen molar-refractivity contribution in [1.29, 1.82) is 0 Å². The summed E-state index contributed by atoms with van der Waals surface area (Å²) in [5.41, 5.74) is 0.369. The van der Waals surface area contributed by atoms with E-state index in [1.165, 1.54) is 6.42 Å². The standard InChI is InChI=1S/C25H48N4O4/c1-16-19-13-18(25(19,3)4)14-20(16)27-24(32)23-22(17(2)31)21(15-30)33-29(23)11-8-7-9-26-10-12-28(5)6/h16-23,26,30-31H,7-15H2,1-6H3,(H,27,32)/t16-,17-,18-,19+,20-,21-,22+,23-/m0/s1. The van der Waals surface area contributed by atoms with Crippen LogP contribution in [0.5, 0.6) is 0 Å². The van der Waals surface area contributed by atoms with Gasteiger partial charge in [-0.3, -0.25) is 9.63 Å². The van der Waals surface area contributed by atoms with Gasteiger partial charge in [0.25, 0.3) is 0 Å². The summed E-state index contributed by atoms with van der Waals surface area (Å²) < 4.78 is 0. The third-order valence-corrected chi connectivity index (χ3v) is 8.78. The Morgan fingerprint density at radius 2 is 1.97 bits per heavy atom. The van der Waals surface area contributed by atoms with Gasteiger partial charge in [-0.05, 0) is 76.4 Å². The van der Waals surface area contributed by atoms with Crippen LogP contribution < -0.4 is 10.6 Å². The molecule has 1 heterocycles. The van der Waals surface area contributed by atoms with Gasteiger partial charge in [0.15, 0.2) is 0 Å². The molecule has 4 fully saturated rings. The molecule has 0 radical (unpaired) electrons. The van der Waals surface area contributed by atoms with E-state index >= 15 is 0 Å². The summed E-state index contributed by atoms with van der Waals surface area (Å²) in [6.07, 6.45) is 2.84. The third-order valence-electron chi connectivity index (χ3n) is 8.78. The zero-order valence-electron chi connectivity index (χ0n) is 21.6. The number of hydroxylamine groups is 2. The van der Waals surface area contributed by atoms with Crippen molar-refractivity contribution in [3.63, 3.8) is 0 Å². The summed E-state index contributed by atoms with van der Waals surface area (Å²) in [7, 11) is 4.12. The quantitative estimate of drug-likeness (QED) is 0.318. The van der Waals surface area contributed by atoms with E-state index in [1.807, 2.05) is 0 Å². The molecule has 3 aliphatic carbocycles. The van der Waals surface area contributed by atoms with E-state index in [0.717, 1.165) is 38.9 Å². The van der Waals surface area contributed by atoms with E-state index in [0.29, 0.717) is 29.7 Å². The number of carbonyl (C=O) groups excluding carboxylic acids is 1. The molecule has 0 unspecified atom stereocenters. The second-order valence-corrected chi connectivity index (χ2v) is 11.6. The Morgan fingerprint density at radius 1 is 1.24 bits per heavy atom. The minimum absolute atomic E-state index is 0.0723. The van der Waals surface area contributed by atoms with E-state index in [4.69, 9.17) is 4.84 Å². The lowest BCUT2D eigenvalue weighted by molar-refractivity contribution is -0.178. The number of amides is 1. The first-order valence-electron chi connectivity index (χ1n) is 13.0. The van der Waals surface area contributed by atoms with E-state index in [1.54, 1.807) is 12.0 Å². The summed E-state index contributed by atoms with van der Waals surface area (Å²) in [6.45, 7) is 11.9. The van der Waals surface area contributed by atoms with Crippen molar-refractivity contribution in [3.05, 3.63) is 0 Å². The number of likely N-dealkylation sites (N-methyl/N-ethyl adjacent to an activating group) is 1. The van der Waals surface area contributed by atoms with Crippen molar-refractivity contribution in [2.45, 2.75) is 77.7 Å². The molecule has 1 saturated heterocycles. The van der Waals surface area contributed by atoms with E-state index in [-0.39, 0.29) is 18.6 Å². The fraction of sp³-hybridized carbons (Fsp3) is 0.960. The van der Waals surface area contributed by atoms with Crippen LogP contribution in [-0.2, 0) is 9.63 Å². The molecule has 0 aromatic rings. The highest BCUT2D eigenvalue weighted by molar-refractivity contribution is 5.82. The molecule has 0 spiro atoms. The topological polar surface area (TPSA) is 97.3 Å². The molecule has 192 valence electrons. The highest BCUT2D eigenvalue weighted by atomic mass is 16.7. The second-order valence-electron chi connectivity index (χ2n) is 11.6. The Morgan fingerprint density at radius 3 is 2.55 bits per heavy atom. The average Bonchev–Trinajstić information content (AvgIpc) is 3.12. The van der Waals surface area contributed by atoms with Gasteiger partial charge in [-0.1, -0.05) is 20.8 Å². The number of aliphatic hydroxyl groups is 2. The Balaban J connectivity index is 1.57. The molecule has 2 bridgehead atoms. The van der Waals surface area contributed by atoms with Crippen molar-refractivity contribution < 1.29 is 19.8 Å². The number of rotatable bonds is 12. The van der Waals surface area contributed by atoms with Crippen LogP contribution in [0.15, 0.2) is 0 Å². The summed E-state index contributed by atoms with van der Waals surface area (Å²) in [6, 6.07) is -0.415. The van der Waals surface area contributed by atoms with Crippen LogP contribution in [0.3, 0.4) is 0 Å². The van der Waals surface area contributed by atoms with Gasteiger partial charge in [0, 0.05) is 31.6 Å². The van der Waals surface area contributed by atoms with Crippen molar-refractivity contribution in [2.75, 3.05) is 46.9 Å². The molecule has 8 nitrogen and oxygen atoms in total. The normalized spacial score (nSPS) is 36.6. The fourth-order valence-electron chi connectivity index (χ4n) is 6.49. The van der Waals surface area contributed by atoms with Gasteiger partial charge in [-0.2, -0.15) is 5.06 Å². The molecule has 1 aliphatic heterocycles. The number of hydrogen-bond donors (Lipinski definition) is 4. The van der Waals surface area contributed by atoms with Crippen LogP contribution >= 0.6 is 0 Å². The van der Waals surface area contributed by atoms with Gasteiger partial charge < -0.3 is 25.7 Å². The second kappa shape index (κ2) is 11.3. The fourth-order valence-corrected chi connectivity index (χ4v) is 6.49. The SMILES string of the molecule is C[C@@H]1[C@@H](NC(=O)[C@@H]2[C@H]([C@H](C)O)[C@H](CO)ON2CCCCNCCN(C)C)C[C@@H]2C[C@H]1C2(C)C. The predicted octanol–water partition coefficient (Wildman–Crippen LogP) is 1.08. The van der Waals surface area contributed by atoms with Gasteiger partial charge >= 0.3 is 0 Å². The van der Waals surface area contributed by atoms with Gasteiger partial charge in [0.1, 0.15) is 12.1 Å². The average molecular weight is 469 g/mol. The van der Waals surface area contributed by atoms with Gasteiger partial charge in [-0.15, -0.1) is 0 Å². The molecule has 1 amide bonds. The Hall–Kier alpha value is -0.770. The van der Waals surface area contributed by atoms with Crippen LogP contribution in [0, 0.1) is 29.1 Å². The largest absolute Gasteiger partial charge is 0.394 e. The van der Waals surface area contributed by atoms with Crippen LogP contribution in [0.4, 0.5) is 0 Å². The zero-order chi connectivity index (χ0) is 24.3. The lowest BCUT2D eigenvalue weighted by Gasteiger charge is -2.62. The minimum atomic E-state index is -0.744. The van der Waals surface area contributed by atoms with E-state index in [9.17, 15) is 15.0 Å². The first-order valence-corrected chi connectivity index (χ1v) is 13.0. The van der Waals surface area contributed by atoms with Gasteiger partial charge in [-0.25, -0.2) is 0 Å². The maximum Gasteiger partial charge on any atom is 0.240 e. The van der Waals surface area contributed by atoms with Gasteiger partial charge in [0.2, 0.25) is 5.91 Å². The number of carbonyl (C=O) groups is 1. The number of nitrogens with zero attached hydrogens (tertiary/aromatic N) is 2. The number of nitrogens with one attached hydrogen (secondary N) is 2. The maximum absolute atomic E-state index is 13.5. The Labute approximate surface area is 200 Å². The molecule has 4 rings (SSSR count). The molecule has 4 aliphatic rings. The third kappa shape index (κ3) is 5.90. The lowest BCUT2D eigenvalue weighted by Crippen LogP contribution is -2.62. The van der Waals surface area contributed by atoms with Crippen LogP contribution in [0.1, 0.15) is 53.4 Å². The zero-order valence-corrected chi connectivity index (χ0v) is 21.6. The van der Waals surface area contributed by atoms with Crippen molar-refractivity contribution in [1.82, 2.24) is 20.6 Å². The summed E-state index contributed by atoms with van der Waals surface area (Å²) in [4.78, 5) is 21.7. The van der Waals surface area contributed by atoms with Crippen molar-refractivity contribution >= 4 is 5.91 Å². The maximum atomic E-state index is 13.5. The smallest absolute Gasteiger partial charge is 0.240 e. The molecule has 8 atom stereocenters. The highest BCUT2D eigenvalue weighted by Gasteiger charge is 2.57. The molecular weight excluding hydrogens is 420 g/mol. The summed E-state index contributed by atoms with van der Waals surface area (Å²) in [5.74, 6) is 1.24. The summed E-state index contributed by atoms with van der Waals surface area (Å²) >= 11 is 0. The molecule has 8 heteroatoms. The molecule has 0 aromatic carbocycles. The molecular formula is C25H48N4O4. The molecule has 4 N–H and O–H groups in total.